The second-order valence-electron chi connectivity index (χ2n) is 7.90. The standard InChI is InChI=1S/C19H30N2O/c1-19(2,3)16-5-6-18(22-4)15(11-16)12-20-17-13-21-9-7-14(17)8-10-21/h5-6,11,14,17,20H,7-10,12-13H2,1-4H3. The monoisotopic (exact) mass is 302 g/mol. The number of nitrogens with zero attached hydrogens (tertiary/aromatic N) is 1. The third kappa shape index (κ3) is 3.31. The predicted octanol–water partition coefficient (Wildman–Crippen LogP) is 3.18. The summed E-state index contributed by atoms with van der Waals surface area (Å²) < 4.78 is 5.56. The number of hydrogen-bond acceptors (Lipinski definition) is 3. The Kier molecular flexibility index (Phi) is 4.47. The molecule has 0 aromatic heterocycles. The Morgan fingerprint density at radius 2 is 1.95 bits per heavy atom. The van der Waals surface area contributed by atoms with Gasteiger partial charge in [0.05, 0.1) is 7.11 Å². The van der Waals surface area contributed by atoms with Gasteiger partial charge in [-0.25, -0.2) is 0 Å². The molecule has 3 aliphatic rings. The van der Waals surface area contributed by atoms with Crippen LogP contribution in [0.5, 0.6) is 5.75 Å². The Hall–Kier alpha value is -1.06. The minimum absolute atomic E-state index is 0.177. The summed E-state index contributed by atoms with van der Waals surface area (Å²) in [7, 11) is 1.77. The van der Waals surface area contributed by atoms with E-state index in [2.05, 4.69) is 49.2 Å². The molecule has 3 heteroatoms. The minimum Gasteiger partial charge on any atom is -0.496 e. The zero-order valence-corrected chi connectivity index (χ0v) is 14.5. The number of methoxy groups -OCH3 is 1. The van der Waals surface area contributed by atoms with Crippen LogP contribution < -0.4 is 10.1 Å². The summed E-state index contributed by atoms with van der Waals surface area (Å²) in [4.78, 5) is 2.60. The lowest BCUT2D eigenvalue weighted by Crippen LogP contribution is -2.55. The van der Waals surface area contributed by atoms with Crippen LogP contribution in [0.2, 0.25) is 0 Å². The quantitative estimate of drug-likeness (QED) is 0.924. The van der Waals surface area contributed by atoms with Crippen molar-refractivity contribution in [3.05, 3.63) is 29.3 Å². The van der Waals surface area contributed by atoms with Gasteiger partial charge in [0, 0.05) is 24.7 Å². The highest BCUT2D eigenvalue weighted by molar-refractivity contribution is 5.39. The molecular weight excluding hydrogens is 272 g/mol. The van der Waals surface area contributed by atoms with E-state index in [0.29, 0.717) is 6.04 Å². The van der Waals surface area contributed by atoms with E-state index in [1.54, 1.807) is 7.11 Å². The molecule has 3 fully saturated rings. The van der Waals surface area contributed by atoms with Crippen molar-refractivity contribution in [2.24, 2.45) is 5.92 Å². The smallest absolute Gasteiger partial charge is 0.123 e. The maximum atomic E-state index is 5.56. The molecule has 1 atom stereocenters. The Bertz CT molecular complexity index is 513. The molecule has 1 N–H and O–H groups in total. The Morgan fingerprint density at radius 1 is 1.23 bits per heavy atom. The van der Waals surface area contributed by atoms with Gasteiger partial charge in [-0.05, 0) is 48.9 Å². The fraction of sp³-hybridized carbons (Fsp3) is 0.684. The molecule has 1 aromatic rings. The fourth-order valence-electron chi connectivity index (χ4n) is 3.82. The van der Waals surface area contributed by atoms with Gasteiger partial charge in [0.25, 0.3) is 0 Å². The van der Waals surface area contributed by atoms with Gasteiger partial charge in [-0.15, -0.1) is 0 Å². The van der Waals surface area contributed by atoms with Crippen molar-refractivity contribution in [1.82, 2.24) is 10.2 Å². The summed E-state index contributed by atoms with van der Waals surface area (Å²) in [6.45, 7) is 11.5. The summed E-state index contributed by atoms with van der Waals surface area (Å²) in [5.41, 5.74) is 2.83. The van der Waals surface area contributed by atoms with E-state index in [1.165, 1.54) is 43.6 Å². The Labute approximate surface area is 135 Å². The lowest BCUT2D eigenvalue weighted by atomic mass is 9.83. The first-order valence-electron chi connectivity index (χ1n) is 8.60. The van der Waals surface area contributed by atoms with E-state index >= 15 is 0 Å². The second kappa shape index (κ2) is 6.21. The molecule has 122 valence electrons. The zero-order valence-electron chi connectivity index (χ0n) is 14.5. The highest BCUT2D eigenvalue weighted by Gasteiger charge is 2.33. The van der Waals surface area contributed by atoms with Crippen molar-refractivity contribution in [2.45, 2.75) is 51.6 Å². The molecule has 1 aromatic carbocycles. The maximum Gasteiger partial charge on any atom is 0.123 e. The maximum absolute atomic E-state index is 5.56. The Balaban J connectivity index is 1.71. The van der Waals surface area contributed by atoms with Gasteiger partial charge >= 0.3 is 0 Å². The summed E-state index contributed by atoms with van der Waals surface area (Å²) in [6, 6.07) is 7.27. The van der Waals surface area contributed by atoms with Gasteiger partial charge in [-0.2, -0.15) is 0 Å². The fourth-order valence-corrected chi connectivity index (χ4v) is 3.82. The SMILES string of the molecule is COc1ccc(C(C)(C)C)cc1CNC1CN2CCC1CC2. The van der Waals surface area contributed by atoms with Gasteiger partial charge < -0.3 is 15.0 Å². The van der Waals surface area contributed by atoms with Crippen molar-refractivity contribution < 1.29 is 4.74 Å². The van der Waals surface area contributed by atoms with Gasteiger partial charge in [0.1, 0.15) is 5.75 Å². The molecule has 3 saturated heterocycles. The third-order valence-electron chi connectivity index (χ3n) is 5.36. The molecule has 3 heterocycles. The van der Waals surface area contributed by atoms with Crippen LogP contribution in [0.25, 0.3) is 0 Å². The molecule has 0 saturated carbocycles. The molecule has 0 spiro atoms. The highest BCUT2D eigenvalue weighted by Crippen LogP contribution is 2.30. The lowest BCUT2D eigenvalue weighted by molar-refractivity contribution is 0.0719. The van der Waals surface area contributed by atoms with Gasteiger partial charge in [-0.1, -0.05) is 32.9 Å². The molecule has 3 nitrogen and oxygen atoms in total. The van der Waals surface area contributed by atoms with Crippen LogP contribution in [0, 0.1) is 5.92 Å². The molecule has 0 radical (unpaired) electrons. The van der Waals surface area contributed by atoms with Gasteiger partial charge in [0.2, 0.25) is 0 Å². The van der Waals surface area contributed by atoms with E-state index < -0.39 is 0 Å². The minimum atomic E-state index is 0.177. The van der Waals surface area contributed by atoms with Crippen molar-refractivity contribution >= 4 is 0 Å². The van der Waals surface area contributed by atoms with Crippen LogP contribution in [-0.2, 0) is 12.0 Å². The lowest BCUT2D eigenvalue weighted by Gasteiger charge is -2.45. The Morgan fingerprint density at radius 3 is 2.50 bits per heavy atom. The number of benzene rings is 1. The summed E-state index contributed by atoms with van der Waals surface area (Å²) >= 11 is 0. The topological polar surface area (TPSA) is 24.5 Å². The molecule has 0 aliphatic carbocycles. The van der Waals surface area contributed by atoms with Crippen LogP contribution in [0.15, 0.2) is 18.2 Å². The second-order valence-corrected chi connectivity index (χ2v) is 7.90. The van der Waals surface area contributed by atoms with E-state index in [9.17, 15) is 0 Å². The highest BCUT2D eigenvalue weighted by atomic mass is 16.5. The van der Waals surface area contributed by atoms with E-state index in [0.717, 1.165) is 18.2 Å². The first-order valence-corrected chi connectivity index (χ1v) is 8.60. The van der Waals surface area contributed by atoms with Crippen LogP contribution in [0.3, 0.4) is 0 Å². The molecule has 3 aliphatic heterocycles. The summed E-state index contributed by atoms with van der Waals surface area (Å²) in [6.07, 6.45) is 2.72. The van der Waals surface area contributed by atoms with E-state index in [1.807, 2.05) is 0 Å². The molecule has 1 unspecified atom stereocenters. The number of nitrogens with one attached hydrogen (secondary N) is 1. The van der Waals surface area contributed by atoms with Crippen LogP contribution in [0.4, 0.5) is 0 Å². The van der Waals surface area contributed by atoms with Crippen molar-refractivity contribution in [2.75, 3.05) is 26.7 Å². The van der Waals surface area contributed by atoms with Crippen molar-refractivity contribution in [3.8, 4) is 5.75 Å². The largest absolute Gasteiger partial charge is 0.496 e. The van der Waals surface area contributed by atoms with Crippen LogP contribution >= 0.6 is 0 Å². The van der Waals surface area contributed by atoms with Crippen LogP contribution in [-0.4, -0.2) is 37.7 Å². The van der Waals surface area contributed by atoms with Gasteiger partial charge in [0.15, 0.2) is 0 Å². The average Bonchev–Trinajstić information content (AvgIpc) is 2.53. The van der Waals surface area contributed by atoms with E-state index in [4.69, 9.17) is 4.74 Å². The molecule has 22 heavy (non-hydrogen) atoms. The first-order chi connectivity index (χ1) is 10.5. The number of hydrogen-bond donors (Lipinski definition) is 1. The predicted molar refractivity (Wildman–Crippen MR) is 91.5 cm³/mol. The number of fused-ring (bicyclic) bond motifs is 3. The van der Waals surface area contributed by atoms with Crippen LogP contribution in [0.1, 0.15) is 44.7 Å². The summed E-state index contributed by atoms with van der Waals surface area (Å²) in [5, 5.41) is 3.80. The normalized spacial score (nSPS) is 27.9. The van der Waals surface area contributed by atoms with E-state index in [-0.39, 0.29) is 5.41 Å². The zero-order chi connectivity index (χ0) is 15.7. The first kappa shape index (κ1) is 15.8. The number of rotatable bonds is 4. The molecule has 4 rings (SSSR count). The molecular formula is C19H30N2O. The molecule has 2 bridgehead atoms. The van der Waals surface area contributed by atoms with Crippen molar-refractivity contribution in [3.63, 3.8) is 0 Å². The van der Waals surface area contributed by atoms with Crippen molar-refractivity contribution in [1.29, 1.82) is 0 Å². The number of piperidine rings is 3. The molecule has 0 amide bonds. The summed E-state index contributed by atoms with van der Waals surface area (Å²) in [5.74, 6) is 1.86. The third-order valence-corrected chi connectivity index (χ3v) is 5.36. The average molecular weight is 302 g/mol. The number of ether oxygens (including phenoxy) is 1. The van der Waals surface area contributed by atoms with Gasteiger partial charge in [-0.3, -0.25) is 0 Å².